The van der Waals surface area contributed by atoms with Crippen LogP contribution in [-0.2, 0) is 9.53 Å². The van der Waals surface area contributed by atoms with Crippen molar-refractivity contribution in [3.05, 3.63) is 30.0 Å². The third-order valence-corrected chi connectivity index (χ3v) is 2.88. The Morgan fingerprint density at radius 3 is 2.95 bits per heavy atom. The second kappa shape index (κ2) is 5.62. The maximum atomic E-state index is 12.0. The summed E-state index contributed by atoms with van der Waals surface area (Å²) in [4.78, 5) is 25.9. The number of aromatic amines is 1. The first-order chi connectivity index (χ1) is 9.52. The zero-order valence-electron chi connectivity index (χ0n) is 10.8. The fourth-order valence-electron chi connectivity index (χ4n) is 1.84. The van der Waals surface area contributed by atoms with E-state index >= 15 is 0 Å². The normalized spacial score (nSPS) is 12.1. The van der Waals surface area contributed by atoms with Gasteiger partial charge in [-0.1, -0.05) is 0 Å². The SMILES string of the molecule is COC(=O)C(O)CNC(=O)c1c[nH]c2cc(N)ccc12. The molecule has 1 aromatic carbocycles. The molecule has 2 aromatic rings. The molecule has 0 aliphatic heterocycles. The molecular weight excluding hydrogens is 262 g/mol. The lowest BCUT2D eigenvalue weighted by Crippen LogP contribution is -2.37. The Morgan fingerprint density at radius 1 is 1.50 bits per heavy atom. The number of rotatable bonds is 4. The molecule has 0 bridgehead atoms. The Bertz CT molecular complexity index is 650. The molecule has 1 unspecified atom stereocenters. The largest absolute Gasteiger partial charge is 0.467 e. The van der Waals surface area contributed by atoms with E-state index in [9.17, 15) is 14.7 Å². The number of amides is 1. The molecule has 1 atom stereocenters. The first kappa shape index (κ1) is 13.9. The molecule has 0 saturated heterocycles. The van der Waals surface area contributed by atoms with Gasteiger partial charge in [-0.2, -0.15) is 0 Å². The number of nitrogen functional groups attached to an aromatic ring is 1. The van der Waals surface area contributed by atoms with Crippen LogP contribution < -0.4 is 11.1 Å². The summed E-state index contributed by atoms with van der Waals surface area (Å²) in [5, 5.41) is 12.6. The zero-order chi connectivity index (χ0) is 14.7. The van der Waals surface area contributed by atoms with Crippen LogP contribution in [0.4, 0.5) is 5.69 Å². The number of hydrogen-bond donors (Lipinski definition) is 4. The molecule has 0 saturated carbocycles. The van der Waals surface area contributed by atoms with Crippen LogP contribution >= 0.6 is 0 Å². The Morgan fingerprint density at radius 2 is 2.25 bits per heavy atom. The molecule has 0 aliphatic carbocycles. The van der Waals surface area contributed by atoms with E-state index in [1.165, 1.54) is 0 Å². The number of aliphatic hydroxyl groups excluding tert-OH is 1. The highest BCUT2D eigenvalue weighted by atomic mass is 16.5. The van der Waals surface area contributed by atoms with E-state index in [-0.39, 0.29) is 6.54 Å². The maximum absolute atomic E-state index is 12.0. The minimum absolute atomic E-state index is 0.215. The molecule has 7 nitrogen and oxygen atoms in total. The highest BCUT2D eigenvalue weighted by Gasteiger charge is 2.18. The van der Waals surface area contributed by atoms with Crippen LogP contribution in [0.1, 0.15) is 10.4 Å². The second-order valence-corrected chi connectivity index (χ2v) is 4.26. The summed E-state index contributed by atoms with van der Waals surface area (Å²) in [7, 11) is 1.16. The maximum Gasteiger partial charge on any atom is 0.336 e. The topological polar surface area (TPSA) is 117 Å². The number of ether oxygens (including phenoxy) is 1. The number of nitrogens with one attached hydrogen (secondary N) is 2. The van der Waals surface area contributed by atoms with Crippen molar-refractivity contribution in [3.8, 4) is 0 Å². The predicted octanol–water partition coefficient (Wildman–Crippen LogP) is 0.0138. The predicted molar refractivity (Wildman–Crippen MR) is 73.1 cm³/mol. The van der Waals surface area contributed by atoms with E-state index in [2.05, 4.69) is 15.0 Å². The molecule has 1 aromatic heterocycles. The van der Waals surface area contributed by atoms with Gasteiger partial charge in [-0.25, -0.2) is 4.79 Å². The zero-order valence-corrected chi connectivity index (χ0v) is 10.8. The third kappa shape index (κ3) is 2.72. The molecule has 0 aliphatic rings. The summed E-state index contributed by atoms with van der Waals surface area (Å²) < 4.78 is 4.36. The van der Waals surface area contributed by atoms with Crippen molar-refractivity contribution in [2.75, 3.05) is 19.4 Å². The van der Waals surface area contributed by atoms with E-state index in [4.69, 9.17) is 5.73 Å². The monoisotopic (exact) mass is 277 g/mol. The summed E-state index contributed by atoms with van der Waals surface area (Å²) in [6, 6.07) is 5.14. The van der Waals surface area contributed by atoms with Crippen molar-refractivity contribution < 1.29 is 19.4 Å². The van der Waals surface area contributed by atoms with Gasteiger partial charge in [0.15, 0.2) is 6.10 Å². The third-order valence-electron chi connectivity index (χ3n) is 2.88. The number of hydrogen-bond acceptors (Lipinski definition) is 5. The van der Waals surface area contributed by atoms with Crippen LogP contribution in [0.25, 0.3) is 10.9 Å². The molecule has 20 heavy (non-hydrogen) atoms. The summed E-state index contributed by atoms with van der Waals surface area (Å²) in [5.74, 6) is -1.19. The molecule has 1 heterocycles. The number of anilines is 1. The van der Waals surface area contributed by atoms with Crippen molar-refractivity contribution in [3.63, 3.8) is 0 Å². The minimum atomic E-state index is -1.38. The molecule has 2 rings (SSSR count). The number of methoxy groups -OCH3 is 1. The lowest BCUT2D eigenvalue weighted by molar-refractivity contribution is -0.149. The number of fused-ring (bicyclic) bond motifs is 1. The highest BCUT2D eigenvalue weighted by Crippen LogP contribution is 2.20. The number of benzene rings is 1. The quantitative estimate of drug-likeness (QED) is 0.464. The smallest absolute Gasteiger partial charge is 0.336 e. The van der Waals surface area contributed by atoms with Gasteiger partial charge in [0, 0.05) is 22.8 Å². The first-order valence-electron chi connectivity index (χ1n) is 5.93. The molecule has 0 fully saturated rings. The van der Waals surface area contributed by atoms with Gasteiger partial charge in [-0.15, -0.1) is 0 Å². The van der Waals surface area contributed by atoms with E-state index < -0.39 is 18.0 Å². The average molecular weight is 277 g/mol. The standard InChI is InChI=1S/C13H15N3O4/c1-20-13(19)11(17)6-16-12(18)9-5-15-10-4-7(14)2-3-8(9)10/h2-5,11,15,17H,6,14H2,1H3,(H,16,18). The summed E-state index contributed by atoms with van der Waals surface area (Å²) >= 11 is 0. The minimum Gasteiger partial charge on any atom is -0.467 e. The number of aliphatic hydroxyl groups is 1. The molecule has 5 N–H and O–H groups in total. The van der Waals surface area contributed by atoms with Crippen molar-refractivity contribution in [2.45, 2.75) is 6.10 Å². The van der Waals surface area contributed by atoms with Crippen molar-refractivity contribution in [1.29, 1.82) is 0 Å². The fourth-order valence-corrected chi connectivity index (χ4v) is 1.84. The first-order valence-corrected chi connectivity index (χ1v) is 5.93. The second-order valence-electron chi connectivity index (χ2n) is 4.26. The van der Waals surface area contributed by atoms with Crippen LogP contribution in [-0.4, -0.2) is 41.7 Å². The van der Waals surface area contributed by atoms with Gasteiger partial charge < -0.3 is 25.9 Å². The van der Waals surface area contributed by atoms with E-state index in [1.807, 2.05) is 0 Å². The number of nitrogens with two attached hydrogens (primary N) is 1. The summed E-state index contributed by atoms with van der Waals surface area (Å²) in [6.07, 6.45) is 0.161. The van der Waals surface area contributed by atoms with Gasteiger partial charge in [0.25, 0.3) is 5.91 Å². The number of aromatic nitrogens is 1. The summed E-state index contributed by atoms with van der Waals surface area (Å²) in [5.41, 5.74) is 7.39. The Hall–Kier alpha value is -2.54. The van der Waals surface area contributed by atoms with Gasteiger partial charge >= 0.3 is 5.97 Å². The molecular formula is C13H15N3O4. The number of carbonyl (C=O) groups excluding carboxylic acids is 2. The molecule has 106 valence electrons. The Balaban J connectivity index is 2.10. The van der Waals surface area contributed by atoms with E-state index in [1.54, 1.807) is 24.4 Å². The van der Waals surface area contributed by atoms with Gasteiger partial charge in [0.2, 0.25) is 0 Å². The number of esters is 1. The van der Waals surface area contributed by atoms with Gasteiger partial charge in [0.1, 0.15) is 0 Å². The molecule has 0 radical (unpaired) electrons. The highest BCUT2D eigenvalue weighted by molar-refractivity contribution is 6.07. The van der Waals surface area contributed by atoms with Crippen molar-refractivity contribution in [2.24, 2.45) is 0 Å². The molecule has 1 amide bonds. The average Bonchev–Trinajstić information content (AvgIpc) is 2.86. The summed E-state index contributed by atoms with van der Waals surface area (Å²) in [6.45, 7) is -0.215. The van der Waals surface area contributed by atoms with Crippen LogP contribution in [0.5, 0.6) is 0 Å². The van der Waals surface area contributed by atoms with Crippen LogP contribution in [0.2, 0.25) is 0 Å². The number of carbonyl (C=O) groups is 2. The Kier molecular flexibility index (Phi) is 3.90. The lowest BCUT2D eigenvalue weighted by atomic mass is 10.1. The Labute approximate surface area is 114 Å². The van der Waals surface area contributed by atoms with Crippen molar-refractivity contribution >= 4 is 28.5 Å². The molecule has 7 heteroatoms. The van der Waals surface area contributed by atoms with Crippen molar-refractivity contribution in [1.82, 2.24) is 10.3 Å². The lowest BCUT2D eigenvalue weighted by Gasteiger charge is -2.09. The van der Waals surface area contributed by atoms with Crippen LogP contribution in [0.3, 0.4) is 0 Å². The fraction of sp³-hybridized carbons (Fsp3) is 0.231. The molecule has 0 spiro atoms. The van der Waals surface area contributed by atoms with Crippen LogP contribution in [0.15, 0.2) is 24.4 Å². The van der Waals surface area contributed by atoms with E-state index in [0.717, 1.165) is 12.6 Å². The van der Waals surface area contributed by atoms with Gasteiger partial charge in [0.05, 0.1) is 19.2 Å². The van der Waals surface area contributed by atoms with Gasteiger partial charge in [-0.3, -0.25) is 4.79 Å². The van der Waals surface area contributed by atoms with Crippen LogP contribution in [0, 0.1) is 0 Å². The van der Waals surface area contributed by atoms with E-state index in [0.29, 0.717) is 16.6 Å². The number of H-pyrrole nitrogens is 1. The van der Waals surface area contributed by atoms with Gasteiger partial charge in [-0.05, 0) is 18.2 Å².